The summed E-state index contributed by atoms with van der Waals surface area (Å²) in [6.45, 7) is 5.22. The maximum atomic E-state index is 13.4. The Morgan fingerprint density at radius 2 is 1.74 bits per heavy atom. The number of phenolic OH excluding ortho intramolecular Hbond substituents is 2. The molecule has 0 bridgehead atoms. The summed E-state index contributed by atoms with van der Waals surface area (Å²) < 4.78 is 6.00. The van der Waals surface area contributed by atoms with Crippen molar-refractivity contribution in [3.8, 4) is 17.2 Å². The molecular formula is C30H35N3O5S. The molecule has 0 atom stereocenters. The molecule has 3 aromatic rings. The number of thiophene rings is 1. The highest BCUT2D eigenvalue weighted by Crippen LogP contribution is 2.33. The van der Waals surface area contributed by atoms with Gasteiger partial charge in [0.1, 0.15) is 17.2 Å². The maximum absolute atomic E-state index is 13.4. The Kier molecular flexibility index (Phi) is 8.38. The van der Waals surface area contributed by atoms with E-state index in [4.69, 9.17) is 4.74 Å². The molecule has 2 amide bonds. The van der Waals surface area contributed by atoms with Gasteiger partial charge in [-0.15, -0.1) is 11.3 Å². The molecule has 0 aliphatic carbocycles. The Morgan fingerprint density at radius 1 is 0.974 bits per heavy atom. The van der Waals surface area contributed by atoms with Gasteiger partial charge >= 0.3 is 0 Å². The Morgan fingerprint density at radius 3 is 2.51 bits per heavy atom. The number of fused-ring (bicyclic) bond motifs is 1. The predicted octanol–water partition coefficient (Wildman–Crippen LogP) is 4.84. The number of piperidine rings is 1. The number of nitrogens with zero attached hydrogens (tertiary/aromatic N) is 3. The van der Waals surface area contributed by atoms with Crippen LogP contribution >= 0.6 is 11.3 Å². The van der Waals surface area contributed by atoms with Crippen molar-refractivity contribution in [1.29, 1.82) is 0 Å². The zero-order valence-corrected chi connectivity index (χ0v) is 23.1. The summed E-state index contributed by atoms with van der Waals surface area (Å²) in [7, 11) is 1.64. The summed E-state index contributed by atoms with van der Waals surface area (Å²) in [4.78, 5) is 33.1. The molecule has 39 heavy (non-hydrogen) atoms. The van der Waals surface area contributed by atoms with Gasteiger partial charge in [0.15, 0.2) is 0 Å². The second-order valence-corrected chi connectivity index (χ2v) is 11.4. The van der Waals surface area contributed by atoms with Gasteiger partial charge in [0.05, 0.1) is 24.3 Å². The molecule has 0 unspecified atom stereocenters. The number of amides is 2. The minimum Gasteiger partial charge on any atom is -0.507 e. The van der Waals surface area contributed by atoms with Crippen LogP contribution in [0, 0.1) is 0 Å². The van der Waals surface area contributed by atoms with Gasteiger partial charge < -0.3 is 29.6 Å². The second-order valence-electron chi connectivity index (χ2n) is 10.3. The number of carbonyl (C=O) groups excluding carboxylic acids is 2. The van der Waals surface area contributed by atoms with Crippen molar-refractivity contribution in [3.05, 3.63) is 75.0 Å². The van der Waals surface area contributed by atoms with Crippen LogP contribution in [0.4, 0.5) is 0 Å². The molecule has 2 aliphatic rings. The van der Waals surface area contributed by atoms with E-state index in [9.17, 15) is 19.8 Å². The molecule has 0 saturated carbocycles. The number of phenols is 2. The van der Waals surface area contributed by atoms with Crippen LogP contribution in [-0.2, 0) is 19.6 Å². The molecule has 2 N–H and O–H groups in total. The molecule has 206 valence electrons. The maximum Gasteiger partial charge on any atom is 0.258 e. The van der Waals surface area contributed by atoms with Gasteiger partial charge in [-0.2, -0.15) is 0 Å². The van der Waals surface area contributed by atoms with Crippen LogP contribution in [-0.4, -0.2) is 70.0 Å². The summed E-state index contributed by atoms with van der Waals surface area (Å²) >= 11 is 1.53. The molecule has 9 heteroatoms. The Hall–Kier alpha value is -3.56. The van der Waals surface area contributed by atoms with E-state index in [2.05, 4.69) is 4.90 Å². The minimum absolute atomic E-state index is 0.0114. The second kappa shape index (κ2) is 12.1. The quantitative estimate of drug-likeness (QED) is 0.371. The summed E-state index contributed by atoms with van der Waals surface area (Å²) in [6, 6.07) is 12.1. The van der Waals surface area contributed by atoms with Crippen LogP contribution in [0.5, 0.6) is 17.2 Å². The Labute approximate surface area is 233 Å². The van der Waals surface area contributed by atoms with E-state index in [1.165, 1.54) is 54.7 Å². The van der Waals surface area contributed by atoms with Gasteiger partial charge in [0.2, 0.25) is 0 Å². The lowest BCUT2D eigenvalue weighted by molar-refractivity contribution is 0.0748. The van der Waals surface area contributed by atoms with E-state index in [1.807, 2.05) is 35.7 Å². The van der Waals surface area contributed by atoms with Crippen LogP contribution in [0.3, 0.4) is 0 Å². The largest absolute Gasteiger partial charge is 0.507 e. The third kappa shape index (κ3) is 6.37. The molecular weight excluding hydrogens is 514 g/mol. The number of carbonyl (C=O) groups is 2. The van der Waals surface area contributed by atoms with Crippen LogP contribution in [0.1, 0.15) is 62.4 Å². The fourth-order valence-corrected chi connectivity index (χ4v) is 6.03. The standard InChI is InChI=1S/C30H35N3O5S/c1-31(20-24-7-5-14-39-24)29(36)25-16-26(28(35)17-27(25)34)30(37)33-18-21-8-9-23(15-22(21)19-33)38-13-6-12-32-10-3-2-4-11-32/h5,7-9,14-17,34-35H,2-4,6,10-13,18-20H2,1H3. The summed E-state index contributed by atoms with van der Waals surface area (Å²) in [5.41, 5.74) is 1.99. The van der Waals surface area contributed by atoms with Crippen LogP contribution in [0.25, 0.3) is 0 Å². The summed E-state index contributed by atoms with van der Waals surface area (Å²) in [6.07, 6.45) is 4.88. The average Bonchev–Trinajstić information content (AvgIpc) is 3.61. The fourth-order valence-electron chi connectivity index (χ4n) is 5.27. The van der Waals surface area contributed by atoms with Crippen LogP contribution in [0.15, 0.2) is 47.8 Å². The van der Waals surface area contributed by atoms with E-state index < -0.39 is 11.8 Å². The number of hydrogen-bond donors (Lipinski definition) is 2. The molecule has 1 fully saturated rings. The van der Waals surface area contributed by atoms with E-state index >= 15 is 0 Å². The van der Waals surface area contributed by atoms with Crippen LogP contribution in [0.2, 0.25) is 0 Å². The minimum atomic E-state index is -0.429. The first-order chi connectivity index (χ1) is 18.9. The Balaban J connectivity index is 1.21. The molecule has 5 rings (SSSR count). The first-order valence-corrected chi connectivity index (χ1v) is 14.4. The van der Waals surface area contributed by atoms with Crippen molar-refractivity contribution in [1.82, 2.24) is 14.7 Å². The lowest BCUT2D eigenvalue weighted by Gasteiger charge is -2.26. The molecule has 3 heterocycles. The van der Waals surface area contributed by atoms with E-state index in [1.54, 1.807) is 11.9 Å². The lowest BCUT2D eigenvalue weighted by Crippen LogP contribution is -2.31. The monoisotopic (exact) mass is 549 g/mol. The Bertz CT molecular complexity index is 1320. The van der Waals surface area contributed by atoms with Crippen molar-refractivity contribution in [2.45, 2.75) is 45.3 Å². The van der Waals surface area contributed by atoms with Crippen molar-refractivity contribution < 1.29 is 24.5 Å². The lowest BCUT2D eigenvalue weighted by atomic mass is 10.1. The first-order valence-electron chi connectivity index (χ1n) is 13.5. The van der Waals surface area contributed by atoms with Crippen LogP contribution < -0.4 is 4.74 Å². The smallest absolute Gasteiger partial charge is 0.258 e. The molecule has 8 nitrogen and oxygen atoms in total. The predicted molar refractivity (Wildman–Crippen MR) is 150 cm³/mol. The summed E-state index contributed by atoms with van der Waals surface area (Å²) in [5.74, 6) is -0.761. The highest BCUT2D eigenvalue weighted by molar-refractivity contribution is 7.09. The fraction of sp³-hybridized carbons (Fsp3) is 0.400. The van der Waals surface area contributed by atoms with Crippen molar-refractivity contribution in [2.24, 2.45) is 0 Å². The summed E-state index contributed by atoms with van der Waals surface area (Å²) in [5, 5.41) is 22.8. The van der Waals surface area contributed by atoms with Gasteiger partial charge in [0.25, 0.3) is 11.8 Å². The van der Waals surface area contributed by atoms with Crippen molar-refractivity contribution in [3.63, 3.8) is 0 Å². The number of rotatable bonds is 9. The van der Waals surface area contributed by atoms with E-state index in [0.29, 0.717) is 26.2 Å². The number of aromatic hydroxyl groups is 2. The van der Waals surface area contributed by atoms with Gasteiger partial charge in [0, 0.05) is 37.6 Å². The highest BCUT2D eigenvalue weighted by atomic mass is 32.1. The third-order valence-electron chi connectivity index (χ3n) is 7.42. The van der Waals surface area contributed by atoms with Crippen molar-refractivity contribution >= 4 is 23.2 Å². The molecule has 0 spiro atoms. The zero-order valence-electron chi connectivity index (χ0n) is 22.3. The number of ether oxygens (including phenoxy) is 1. The van der Waals surface area contributed by atoms with Gasteiger partial charge in [-0.25, -0.2) is 0 Å². The molecule has 1 saturated heterocycles. The number of hydrogen-bond acceptors (Lipinski definition) is 7. The topological polar surface area (TPSA) is 93.6 Å². The molecule has 1 aromatic heterocycles. The van der Waals surface area contributed by atoms with E-state index in [0.717, 1.165) is 40.8 Å². The number of likely N-dealkylation sites (tertiary alicyclic amines) is 1. The van der Waals surface area contributed by atoms with E-state index in [-0.39, 0.29) is 22.6 Å². The zero-order chi connectivity index (χ0) is 27.4. The SMILES string of the molecule is CN(Cc1cccs1)C(=O)c1cc(C(=O)N2Cc3ccc(OCCCN4CCCCC4)cc3C2)c(O)cc1O. The molecule has 0 radical (unpaired) electrons. The molecule has 2 aliphatic heterocycles. The number of benzene rings is 2. The van der Waals surface area contributed by atoms with Crippen molar-refractivity contribution in [2.75, 3.05) is 33.3 Å². The van der Waals surface area contributed by atoms with Gasteiger partial charge in [-0.05, 0) is 73.1 Å². The third-order valence-corrected chi connectivity index (χ3v) is 8.28. The first kappa shape index (κ1) is 27.0. The molecule has 2 aromatic carbocycles. The van der Waals surface area contributed by atoms with Gasteiger partial charge in [-0.1, -0.05) is 18.6 Å². The van der Waals surface area contributed by atoms with Gasteiger partial charge in [-0.3, -0.25) is 9.59 Å². The average molecular weight is 550 g/mol. The highest BCUT2D eigenvalue weighted by Gasteiger charge is 2.29. The normalized spacial score (nSPS) is 15.3.